The number of benzene rings is 8. The molecule has 8 aromatic carbocycles. The van der Waals surface area contributed by atoms with Gasteiger partial charge in [0.1, 0.15) is 16.7 Å². The van der Waals surface area contributed by atoms with E-state index in [4.69, 9.17) is 8.83 Å². The van der Waals surface area contributed by atoms with E-state index in [1.165, 1.54) is 0 Å². The van der Waals surface area contributed by atoms with E-state index in [2.05, 4.69) is 174 Å². The summed E-state index contributed by atoms with van der Waals surface area (Å²) in [4.78, 5) is 4.64. The zero-order valence-electron chi connectivity index (χ0n) is 27.0. The largest absolute Gasteiger partial charge is 0.456 e. The summed E-state index contributed by atoms with van der Waals surface area (Å²) in [6.45, 7) is 0. The average molecular weight is 643 g/mol. The van der Waals surface area contributed by atoms with Crippen LogP contribution in [0.25, 0.3) is 54.6 Å². The fourth-order valence-corrected chi connectivity index (χ4v) is 7.45. The van der Waals surface area contributed by atoms with Gasteiger partial charge in [0, 0.05) is 33.2 Å². The lowest BCUT2D eigenvalue weighted by atomic mass is 10.0. The van der Waals surface area contributed by atoms with Gasteiger partial charge < -0.3 is 18.6 Å². The number of hydrogen-bond donors (Lipinski definition) is 0. The molecule has 0 aliphatic carbocycles. The maximum absolute atomic E-state index is 7.17. The van der Waals surface area contributed by atoms with E-state index in [0.717, 1.165) is 88.8 Å². The Morgan fingerprint density at radius 1 is 0.300 bits per heavy atom. The van der Waals surface area contributed by atoms with Gasteiger partial charge in [0.15, 0.2) is 5.58 Å². The first-order valence-corrected chi connectivity index (χ1v) is 16.9. The van der Waals surface area contributed by atoms with Crippen LogP contribution in [0.15, 0.2) is 191 Å². The molecule has 0 unspecified atom stereocenters. The monoisotopic (exact) mass is 642 g/mol. The number of hydrogen-bond acceptors (Lipinski definition) is 4. The Morgan fingerprint density at radius 3 is 1.58 bits per heavy atom. The molecule has 4 nitrogen and oxygen atoms in total. The first-order chi connectivity index (χ1) is 24.8. The summed E-state index contributed by atoms with van der Waals surface area (Å²) in [5.74, 6) is 0. The predicted molar refractivity (Wildman–Crippen MR) is 208 cm³/mol. The fourth-order valence-electron chi connectivity index (χ4n) is 7.45. The molecule has 0 aliphatic rings. The van der Waals surface area contributed by atoms with E-state index in [1.54, 1.807) is 0 Å². The van der Waals surface area contributed by atoms with Crippen molar-refractivity contribution in [2.45, 2.75) is 0 Å². The second-order valence-electron chi connectivity index (χ2n) is 12.5. The van der Waals surface area contributed by atoms with Crippen molar-refractivity contribution >= 4 is 88.8 Å². The van der Waals surface area contributed by atoms with Crippen molar-refractivity contribution in [1.29, 1.82) is 0 Å². The van der Waals surface area contributed by atoms with Crippen LogP contribution >= 0.6 is 0 Å². The molecule has 0 radical (unpaired) electrons. The van der Waals surface area contributed by atoms with Gasteiger partial charge in [0.25, 0.3) is 0 Å². The zero-order valence-corrected chi connectivity index (χ0v) is 27.0. The van der Waals surface area contributed by atoms with E-state index in [0.29, 0.717) is 0 Å². The number of fused-ring (bicyclic) bond motifs is 8. The molecule has 2 heterocycles. The Balaban J connectivity index is 1.34. The lowest BCUT2D eigenvalue weighted by Crippen LogP contribution is -2.13. The molecule has 0 amide bonds. The molecule has 2 aromatic heterocycles. The van der Waals surface area contributed by atoms with E-state index in [1.807, 2.05) is 18.2 Å². The Morgan fingerprint density at radius 2 is 0.860 bits per heavy atom. The van der Waals surface area contributed by atoms with Crippen molar-refractivity contribution in [2.75, 3.05) is 9.80 Å². The fraction of sp³-hybridized carbons (Fsp3) is 0. The minimum atomic E-state index is 0.805. The molecule has 0 saturated heterocycles. The molecular formula is C46H30N2O2. The van der Waals surface area contributed by atoms with Crippen LogP contribution in [0, 0.1) is 0 Å². The van der Waals surface area contributed by atoms with Crippen LogP contribution in [0.5, 0.6) is 0 Å². The summed E-state index contributed by atoms with van der Waals surface area (Å²) in [6.07, 6.45) is 0. The Hall–Kier alpha value is -6.78. The van der Waals surface area contributed by atoms with Gasteiger partial charge in [-0.3, -0.25) is 0 Å². The SMILES string of the molecule is c1ccc(N(c2ccc(N(c3ccccc3)c3ccccc3)c3c2oc2c4ccccc4ccc23)c2cccc3oc4ccccc4c23)cc1. The van der Waals surface area contributed by atoms with Crippen molar-refractivity contribution < 1.29 is 8.83 Å². The van der Waals surface area contributed by atoms with Crippen molar-refractivity contribution in [3.05, 3.63) is 182 Å². The van der Waals surface area contributed by atoms with Crippen molar-refractivity contribution in [3.8, 4) is 0 Å². The molecule has 4 heteroatoms. The molecule has 10 rings (SSSR count). The van der Waals surface area contributed by atoms with Crippen LogP contribution in [0.1, 0.15) is 0 Å². The van der Waals surface area contributed by atoms with Crippen molar-refractivity contribution in [2.24, 2.45) is 0 Å². The van der Waals surface area contributed by atoms with E-state index < -0.39 is 0 Å². The van der Waals surface area contributed by atoms with Gasteiger partial charge in [-0.25, -0.2) is 0 Å². The third-order valence-corrected chi connectivity index (χ3v) is 9.61. The highest BCUT2D eigenvalue weighted by molar-refractivity contribution is 6.23. The Bertz CT molecular complexity index is 2780. The summed E-state index contributed by atoms with van der Waals surface area (Å²) < 4.78 is 13.6. The molecule has 0 aliphatic heterocycles. The lowest BCUT2D eigenvalue weighted by molar-refractivity contribution is 0.668. The molecule has 10 aromatic rings. The normalized spacial score (nSPS) is 11.6. The third kappa shape index (κ3) is 4.39. The first-order valence-electron chi connectivity index (χ1n) is 16.9. The molecular weight excluding hydrogens is 613 g/mol. The van der Waals surface area contributed by atoms with Crippen LogP contribution in [-0.2, 0) is 0 Å². The van der Waals surface area contributed by atoms with Gasteiger partial charge in [-0.1, -0.05) is 109 Å². The van der Waals surface area contributed by atoms with Gasteiger partial charge in [0.2, 0.25) is 0 Å². The minimum Gasteiger partial charge on any atom is -0.456 e. The zero-order chi connectivity index (χ0) is 33.0. The molecule has 0 saturated carbocycles. The Labute approximate surface area is 288 Å². The third-order valence-electron chi connectivity index (χ3n) is 9.61. The summed E-state index contributed by atoms with van der Waals surface area (Å²) >= 11 is 0. The topological polar surface area (TPSA) is 32.8 Å². The second-order valence-corrected chi connectivity index (χ2v) is 12.5. The second kappa shape index (κ2) is 11.4. The highest BCUT2D eigenvalue weighted by Gasteiger charge is 2.27. The van der Waals surface area contributed by atoms with Crippen LogP contribution in [0.3, 0.4) is 0 Å². The molecule has 0 fully saturated rings. The average Bonchev–Trinajstić information content (AvgIpc) is 3.77. The maximum atomic E-state index is 7.17. The summed E-state index contributed by atoms with van der Waals surface area (Å²) in [5.41, 5.74) is 9.52. The summed E-state index contributed by atoms with van der Waals surface area (Å²) in [7, 11) is 0. The number of anilines is 6. The van der Waals surface area contributed by atoms with Gasteiger partial charge >= 0.3 is 0 Å². The maximum Gasteiger partial charge on any atom is 0.161 e. The number of nitrogens with zero attached hydrogens (tertiary/aromatic N) is 2. The van der Waals surface area contributed by atoms with Crippen LogP contribution in [0.2, 0.25) is 0 Å². The van der Waals surface area contributed by atoms with Crippen LogP contribution < -0.4 is 9.80 Å². The highest BCUT2D eigenvalue weighted by Crippen LogP contribution is 2.51. The molecule has 0 spiro atoms. The standard InChI is InChI=1S/C46H30N2O2/c1-4-16-32(17-5-1)47(33-18-6-2-7-19-33)39-29-30-40(46-44(39)37-28-27-31-15-10-11-22-35(31)45(37)50-46)48(34-20-8-3-9-21-34)38-24-14-26-42-43(38)36-23-12-13-25-41(36)49-42/h1-30H. The van der Waals surface area contributed by atoms with E-state index in [-0.39, 0.29) is 0 Å². The Kier molecular flexibility index (Phi) is 6.46. The predicted octanol–water partition coefficient (Wildman–Crippen LogP) is 13.6. The van der Waals surface area contributed by atoms with Gasteiger partial charge in [-0.05, 0) is 78.2 Å². The van der Waals surface area contributed by atoms with Gasteiger partial charge in [-0.2, -0.15) is 0 Å². The molecule has 236 valence electrons. The highest BCUT2D eigenvalue weighted by atomic mass is 16.3. The quantitative estimate of drug-likeness (QED) is 0.181. The smallest absolute Gasteiger partial charge is 0.161 e. The number of para-hydroxylation sites is 4. The van der Waals surface area contributed by atoms with Crippen LogP contribution in [-0.4, -0.2) is 0 Å². The summed E-state index contributed by atoms with van der Waals surface area (Å²) in [5, 5.41) is 6.45. The molecule has 50 heavy (non-hydrogen) atoms. The first kappa shape index (κ1) is 28.3. The lowest BCUT2D eigenvalue weighted by Gasteiger charge is -2.29. The number of furan rings is 2. The molecule has 0 N–H and O–H groups in total. The van der Waals surface area contributed by atoms with Gasteiger partial charge in [-0.15, -0.1) is 0 Å². The van der Waals surface area contributed by atoms with Gasteiger partial charge in [0.05, 0.1) is 27.8 Å². The van der Waals surface area contributed by atoms with Crippen LogP contribution in [0.4, 0.5) is 34.1 Å². The van der Waals surface area contributed by atoms with E-state index >= 15 is 0 Å². The van der Waals surface area contributed by atoms with Crippen molar-refractivity contribution in [1.82, 2.24) is 0 Å². The van der Waals surface area contributed by atoms with Crippen molar-refractivity contribution in [3.63, 3.8) is 0 Å². The summed E-state index contributed by atoms with van der Waals surface area (Å²) in [6, 6.07) is 63.5. The number of rotatable bonds is 6. The molecule has 0 atom stereocenters. The van der Waals surface area contributed by atoms with E-state index in [9.17, 15) is 0 Å². The minimum absolute atomic E-state index is 0.805. The molecule has 0 bridgehead atoms.